The van der Waals surface area contributed by atoms with E-state index in [-0.39, 0.29) is 0 Å². The molecule has 0 amide bonds. The summed E-state index contributed by atoms with van der Waals surface area (Å²) in [4.78, 5) is 7.25. The second kappa shape index (κ2) is 6.43. The van der Waals surface area contributed by atoms with Gasteiger partial charge in [-0.15, -0.1) is 0 Å². The molecule has 1 aliphatic heterocycles. The van der Waals surface area contributed by atoms with E-state index in [1.165, 1.54) is 22.8 Å². The zero-order valence-electron chi connectivity index (χ0n) is 11.6. The van der Waals surface area contributed by atoms with Crippen LogP contribution >= 0.6 is 11.8 Å². The number of nitrogens with one attached hydrogen (secondary N) is 1. The van der Waals surface area contributed by atoms with Crippen LogP contribution in [0.25, 0.3) is 0 Å². The summed E-state index contributed by atoms with van der Waals surface area (Å²) >= 11 is 2.04. The number of thioether (sulfide) groups is 1. The first-order valence-electron chi connectivity index (χ1n) is 6.73. The maximum atomic E-state index is 4.80. The molecule has 18 heavy (non-hydrogen) atoms. The Morgan fingerprint density at radius 2 is 2.33 bits per heavy atom. The van der Waals surface area contributed by atoms with Crippen LogP contribution in [0.2, 0.25) is 0 Å². The molecule has 100 valence electrons. The van der Waals surface area contributed by atoms with E-state index in [9.17, 15) is 0 Å². The van der Waals surface area contributed by atoms with Crippen LogP contribution in [0.4, 0.5) is 5.82 Å². The molecule has 1 atom stereocenters. The minimum Gasteiger partial charge on any atom is -0.352 e. The fourth-order valence-electron chi connectivity index (χ4n) is 2.34. The second-order valence-electron chi connectivity index (χ2n) is 4.83. The topological polar surface area (TPSA) is 28.2 Å². The van der Waals surface area contributed by atoms with Crippen LogP contribution in [-0.2, 0) is 13.0 Å². The molecule has 1 N–H and O–H groups in total. The van der Waals surface area contributed by atoms with Crippen molar-refractivity contribution < 1.29 is 0 Å². The number of rotatable bonds is 4. The van der Waals surface area contributed by atoms with Gasteiger partial charge in [0, 0.05) is 36.3 Å². The Bertz CT molecular complexity index is 395. The van der Waals surface area contributed by atoms with E-state index in [1.807, 2.05) is 18.8 Å². The van der Waals surface area contributed by atoms with Gasteiger partial charge in [0.2, 0.25) is 0 Å². The van der Waals surface area contributed by atoms with Crippen molar-refractivity contribution in [1.29, 1.82) is 0 Å². The molecule has 4 heteroatoms. The van der Waals surface area contributed by atoms with Crippen LogP contribution < -0.4 is 10.2 Å². The average Bonchev–Trinajstić information content (AvgIpc) is 2.39. The van der Waals surface area contributed by atoms with Crippen molar-refractivity contribution in [2.75, 3.05) is 30.0 Å². The third-order valence-electron chi connectivity index (χ3n) is 3.33. The highest BCUT2D eigenvalue weighted by Gasteiger charge is 2.20. The van der Waals surface area contributed by atoms with E-state index in [0.29, 0.717) is 6.04 Å². The summed E-state index contributed by atoms with van der Waals surface area (Å²) in [5.41, 5.74) is 2.54. The molecule has 0 bridgehead atoms. The Morgan fingerprint density at radius 3 is 3.00 bits per heavy atom. The zero-order chi connectivity index (χ0) is 13.0. The van der Waals surface area contributed by atoms with Crippen molar-refractivity contribution in [2.24, 2.45) is 0 Å². The van der Waals surface area contributed by atoms with Gasteiger partial charge in [-0.1, -0.05) is 6.92 Å². The third kappa shape index (κ3) is 3.18. The highest BCUT2D eigenvalue weighted by molar-refractivity contribution is 7.99. The Kier molecular flexibility index (Phi) is 4.89. The van der Waals surface area contributed by atoms with Crippen LogP contribution in [0, 0.1) is 0 Å². The molecule has 2 rings (SSSR count). The number of hydrogen-bond donors (Lipinski definition) is 1. The van der Waals surface area contributed by atoms with Gasteiger partial charge < -0.3 is 10.2 Å². The van der Waals surface area contributed by atoms with E-state index in [2.05, 4.69) is 36.2 Å². The van der Waals surface area contributed by atoms with Crippen molar-refractivity contribution in [3.05, 3.63) is 23.4 Å². The van der Waals surface area contributed by atoms with Crippen LogP contribution in [-0.4, -0.2) is 36.1 Å². The maximum Gasteiger partial charge on any atom is 0.129 e. The molecule has 1 fully saturated rings. The molecule has 1 aromatic heterocycles. The number of aryl methyl sites for hydroxylation is 1. The molecule has 0 spiro atoms. The first-order valence-corrected chi connectivity index (χ1v) is 7.89. The fraction of sp³-hybridized carbons (Fsp3) is 0.643. The number of nitrogens with zero attached hydrogens (tertiary/aromatic N) is 2. The van der Waals surface area contributed by atoms with E-state index in [1.54, 1.807) is 0 Å². The van der Waals surface area contributed by atoms with Gasteiger partial charge >= 0.3 is 0 Å². The minimum atomic E-state index is 0.589. The first-order chi connectivity index (χ1) is 8.74. The first kappa shape index (κ1) is 13.7. The van der Waals surface area contributed by atoms with Crippen molar-refractivity contribution in [3.8, 4) is 0 Å². The molecule has 3 nitrogen and oxygen atoms in total. The van der Waals surface area contributed by atoms with Gasteiger partial charge in [-0.3, -0.25) is 0 Å². The van der Waals surface area contributed by atoms with Crippen molar-refractivity contribution in [3.63, 3.8) is 0 Å². The molecule has 1 saturated heterocycles. The summed E-state index contributed by atoms with van der Waals surface area (Å²) in [5, 5.41) is 3.23. The minimum absolute atomic E-state index is 0.589. The molecule has 1 aromatic rings. The van der Waals surface area contributed by atoms with E-state index < -0.39 is 0 Å². The summed E-state index contributed by atoms with van der Waals surface area (Å²) in [6.45, 7) is 6.50. The smallest absolute Gasteiger partial charge is 0.129 e. The summed E-state index contributed by atoms with van der Waals surface area (Å²) in [7, 11) is 1.99. The van der Waals surface area contributed by atoms with Crippen molar-refractivity contribution in [1.82, 2.24) is 10.3 Å². The monoisotopic (exact) mass is 265 g/mol. The molecule has 0 radical (unpaired) electrons. The lowest BCUT2D eigenvalue weighted by Gasteiger charge is -2.34. The van der Waals surface area contributed by atoms with Gasteiger partial charge in [0.1, 0.15) is 5.82 Å². The number of aromatic nitrogens is 1. The van der Waals surface area contributed by atoms with Gasteiger partial charge in [-0.05, 0) is 38.1 Å². The molecule has 2 heterocycles. The molecule has 1 aliphatic rings. The standard InChI is InChI=1S/C14H23N3S/c1-4-13-7-12(9-15-3)8-14(16-13)17-5-6-18-10-11(17)2/h7-8,11,15H,4-6,9-10H2,1-3H3. The predicted octanol–water partition coefficient (Wildman–Crippen LogP) is 2.31. The summed E-state index contributed by atoms with van der Waals surface area (Å²) in [5.74, 6) is 3.58. The van der Waals surface area contributed by atoms with Crippen molar-refractivity contribution >= 4 is 17.6 Å². The Labute approximate surface area is 114 Å². The van der Waals surface area contributed by atoms with Crippen LogP contribution in [0.3, 0.4) is 0 Å². The summed E-state index contributed by atoms with van der Waals surface area (Å²) in [6, 6.07) is 5.04. The van der Waals surface area contributed by atoms with Gasteiger partial charge in [0.15, 0.2) is 0 Å². The normalized spacial score (nSPS) is 20.2. The lowest BCUT2D eigenvalue weighted by Crippen LogP contribution is -2.41. The fourth-order valence-corrected chi connectivity index (χ4v) is 3.35. The molecule has 0 saturated carbocycles. The molecule has 0 aliphatic carbocycles. The average molecular weight is 265 g/mol. The van der Waals surface area contributed by atoms with Crippen LogP contribution in [0.1, 0.15) is 25.1 Å². The van der Waals surface area contributed by atoms with Gasteiger partial charge in [-0.25, -0.2) is 4.98 Å². The largest absolute Gasteiger partial charge is 0.352 e. The summed E-state index contributed by atoms with van der Waals surface area (Å²) in [6.07, 6.45) is 1.00. The quantitative estimate of drug-likeness (QED) is 0.904. The Balaban J connectivity index is 2.27. The lowest BCUT2D eigenvalue weighted by atomic mass is 10.1. The van der Waals surface area contributed by atoms with Crippen LogP contribution in [0.15, 0.2) is 12.1 Å². The molecule has 0 aromatic carbocycles. The summed E-state index contributed by atoms with van der Waals surface area (Å²) < 4.78 is 0. The SMILES string of the molecule is CCc1cc(CNC)cc(N2CCSCC2C)n1. The third-order valence-corrected chi connectivity index (χ3v) is 4.52. The molecular formula is C14H23N3S. The second-order valence-corrected chi connectivity index (χ2v) is 5.98. The highest BCUT2D eigenvalue weighted by Crippen LogP contribution is 2.23. The highest BCUT2D eigenvalue weighted by atomic mass is 32.2. The van der Waals surface area contributed by atoms with Crippen LogP contribution in [0.5, 0.6) is 0 Å². The number of anilines is 1. The lowest BCUT2D eigenvalue weighted by molar-refractivity contribution is 0.685. The Hall–Kier alpha value is -0.740. The Morgan fingerprint density at radius 1 is 1.50 bits per heavy atom. The number of pyridine rings is 1. The van der Waals surface area contributed by atoms with Gasteiger partial charge in [0.25, 0.3) is 0 Å². The zero-order valence-corrected chi connectivity index (χ0v) is 12.4. The van der Waals surface area contributed by atoms with E-state index in [4.69, 9.17) is 4.98 Å². The number of hydrogen-bond acceptors (Lipinski definition) is 4. The van der Waals surface area contributed by atoms with Gasteiger partial charge in [-0.2, -0.15) is 11.8 Å². The van der Waals surface area contributed by atoms with E-state index >= 15 is 0 Å². The van der Waals surface area contributed by atoms with Gasteiger partial charge in [0.05, 0.1) is 0 Å². The maximum absolute atomic E-state index is 4.80. The predicted molar refractivity (Wildman–Crippen MR) is 80.5 cm³/mol. The molecule has 1 unspecified atom stereocenters. The van der Waals surface area contributed by atoms with Crippen molar-refractivity contribution in [2.45, 2.75) is 32.9 Å². The molecular weight excluding hydrogens is 242 g/mol. The van der Waals surface area contributed by atoms with E-state index in [0.717, 1.165) is 25.3 Å².